The fraction of sp³-hybridized carbons (Fsp3) is 0.444. The molecule has 0 spiro atoms. The quantitative estimate of drug-likeness (QED) is 0.733. The molecule has 2 rings (SSSR count). The Hall–Kier alpha value is -1.14. The SMILES string of the molecule is Cc1nc(-c2ccc(Cl)cc2)sc1C(C)NC(=O)[C@@H](N)CC(C)C.Cl. The number of nitrogens with zero attached hydrogens (tertiary/aromatic N) is 1. The van der Waals surface area contributed by atoms with E-state index in [2.05, 4.69) is 24.1 Å². The number of benzene rings is 1. The maximum Gasteiger partial charge on any atom is 0.237 e. The van der Waals surface area contributed by atoms with Crippen LogP contribution in [0.2, 0.25) is 5.02 Å². The molecule has 3 N–H and O–H groups in total. The third-order valence-electron chi connectivity index (χ3n) is 3.74. The molecule has 0 fully saturated rings. The summed E-state index contributed by atoms with van der Waals surface area (Å²) in [5.41, 5.74) is 7.90. The maximum absolute atomic E-state index is 12.2. The minimum absolute atomic E-state index is 0. The number of hydrogen-bond acceptors (Lipinski definition) is 4. The van der Waals surface area contributed by atoms with Gasteiger partial charge in [0.05, 0.1) is 22.7 Å². The molecule has 1 aromatic heterocycles. The number of aryl methyl sites for hydroxylation is 1. The molecule has 0 bridgehead atoms. The monoisotopic (exact) mass is 401 g/mol. The van der Waals surface area contributed by atoms with E-state index < -0.39 is 6.04 Å². The van der Waals surface area contributed by atoms with Gasteiger partial charge >= 0.3 is 0 Å². The lowest BCUT2D eigenvalue weighted by molar-refractivity contribution is -0.123. The van der Waals surface area contributed by atoms with Gasteiger partial charge in [0.25, 0.3) is 0 Å². The lowest BCUT2D eigenvalue weighted by atomic mass is 10.0. The van der Waals surface area contributed by atoms with Gasteiger partial charge in [-0.2, -0.15) is 0 Å². The molecule has 0 saturated carbocycles. The molecule has 4 nitrogen and oxygen atoms in total. The van der Waals surface area contributed by atoms with E-state index in [4.69, 9.17) is 17.3 Å². The van der Waals surface area contributed by atoms with Crippen molar-refractivity contribution in [2.75, 3.05) is 0 Å². The number of nitrogens with two attached hydrogens (primary N) is 1. The van der Waals surface area contributed by atoms with Crippen molar-refractivity contribution in [1.82, 2.24) is 10.3 Å². The summed E-state index contributed by atoms with van der Waals surface area (Å²) in [4.78, 5) is 17.9. The summed E-state index contributed by atoms with van der Waals surface area (Å²) in [5.74, 6) is 0.278. The normalized spacial score (nSPS) is 13.2. The fourth-order valence-electron chi connectivity index (χ4n) is 2.53. The van der Waals surface area contributed by atoms with Crippen molar-refractivity contribution >= 4 is 41.3 Å². The highest BCUT2D eigenvalue weighted by atomic mass is 35.5. The van der Waals surface area contributed by atoms with Crippen molar-refractivity contribution in [3.63, 3.8) is 0 Å². The zero-order chi connectivity index (χ0) is 17.9. The van der Waals surface area contributed by atoms with Gasteiger partial charge in [-0.15, -0.1) is 23.7 Å². The Morgan fingerprint density at radius 2 is 1.88 bits per heavy atom. The van der Waals surface area contributed by atoms with Crippen LogP contribution in [-0.4, -0.2) is 16.9 Å². The van der Waals surface area contributed by atoms with Gasteiger partial charge in [-0.3, -0.25) is 4.79 Å². The lowest BCUT2D eigenvalue weighted by Gasteiger charge is -2.18. The lowest BCUT2D eigenvalue weighted by Crippen LogP contribution is -2.42. The summed E-state index contributed by atoms with van der Waals surface area (Å²) < 4.78 is 0. The van der Waals surface area contributed by atoms with Gasteiger partial charge in [0, 0.05) is 10.6 Å². The number of aromatic nitrogens is 1. The van der Waals surface area contributed by atoms with E-state index in [1.807, 2.05) is 38.1 Å². The Bertz CT molecular complexity index is 701. The molecule has 1 unspecified atom stereocenters. The van der Waals surface area contributed by atoms with Gasteiger partial charge in [0.15, 0.2) is 0 Å². The number of amides is 1. The average Bonchev–Trinajstić information content (AvgIpc) is 2.89. The first-order valence-corrected chi connectivity index (χ1v) is 9.26. The van der Waals surface area contributed by atoms with Crippen LogP contribution in [0.15, 0.2) is 24.3 Å². The Balaban J connectivity index is 0.00000312. The molecule has 1 heterocycles. The summed E-state index contributed by atoms with van der Waals surface area (Å²) in [6, 6.07) is 7.01. The van der Waals surface area contributed by atoms with E-state index >= 15 is 0 Å². The van der Waals surface area contributed by atoms with Gasteiger partial charge in [-0.25, -0.2) is 4.98 Å². The number of rotatable bonds is 6. The van der Waals surface area contributed by atoms with Crippen LogP contribution in [0, 0.1) is 12.8 Å². The highest BCUT2D eigenvalue weighted by molar-refractivity contribution is 7.15. The number of carbonyl (C=O) groups excluding carboxylic acids is 1. The first-order valence-electron chi connectivity index (χ1n) is 8.07. The Morgan fingerprint density at radius 1 is 1.28 bits per heavy atom. The van der Waals surface area contributed by atoms with Crippen LogP contribution in [0.4, 0.5) is 0 Å². The van der Waals surface area contributed by atoms with Crippen molar-refractivity contribution in [3.05, 3.63) is 39.9 Å². The molecule has 25 heavy (non-hydrogen) atoms. The molecule has 0 aliphatic heterocycles. The highest BCUT2D eigenvalue weighted by Gasteiger charge is 2.21. The van der Waals surface area contributed by atoms with Gasteiger partial charge < -0.3 is 11.1 Å². The van der Waals surface area contributed by atoms with Crippen LogP contribution in [0.25, 0.3) is 10.6 Å². The predicted molar refractivity (Wildman–Crippen MR) is 109 cm³/mol. The molecule has 2 atom stereocenters. The van der Waals surface area contributed by atoms with Crippen LogP contribution in [-0.2, 0) is 4.79 Å². The fourth-order valence-corrected chi connectivity index (χ4v) is 3.73. The molecular formula is C18H25Cl2N3OS. The van der Waals surface area contributed by atoms with Crippen LogP contribution in [0.1, 0.15) is 43.8 Å². The van der Waals surface area contributed by atoms with E-state index in [9.17, 15) is 4.79 Å². The number of nitrogens with one attached hydrogen (secondary N) is 1. The third kappa shape index (κ3) is 5.96. The smallest absolute Gasteiger partial charge is 0.237 e. The molecule has 0 aliphatic rings. The standard InChI is InChI=1S/C18H24ClN3OS.ClH/c1-10(2)9-15(20)17(23)21-11(3)16-12(4)22-18(24-16)13-5-7-14(19)8-6-13;/h5-8,10-11,15H,9,20H2,1-4H3,(H,21,23);1H/t11?,15-;/m0./s1. The summed E-state index contributed by atoms with van der Waals surface area (Å²) in [6.07, 6.45) is 0.677. The van der Waals surface area contributed by atoms with Crippen molar-refractivity contribution in [2.24, 2.45) is 11.7 Å². The average molecular weight is 402 g/mol. The van der Waals surface area contributed by atoms with E-state index in [0.29, 0.717) is 17.4 Å². The number of hydrogen-bond donors (Lipinski definition) is 2. The molecule has 0 radical (unpaired) electrons. The van der Waals surface area contributed by atoms with Gasteiger partial charge in [0.1, 0.15) is 5.01 Å². The van der Waals surface area contributed by atoms with E-state index in [-0.39, 0.29) is 24.4 Å². The molecule has 1 aromatic carbocycles. The van der Waals surface area contributed by atoms with Crippen molar-refractivity contribution in [3.8, 4) is 10.6 Å². The minimum Gasteiger partial charge on any atom is -0.347 e. The van der Waals surface area contributed by atoms with Crippen LogP contribution in [0.3, 0.4) is 0 Å². The van der Waals surface area contributed by atoms with E-state index in [0.717, 1.165) is 21.1 Å². The molecule has 0 aliphatic carbocycles. The van der Waals surface area contributed by atoms with Crippen LogP contribution < -0.4 is 11.1 Å². The molecule has 1 amide bonds. The largest absolute Gasteiger partial charge is 0.347 e. The van der Waals surface area contributed by atoms with Crippen molar-refractivity contribution in [1.29, 1.82) is 0 Å². The van der Waals surface area contributed by atoms with Crippen LogP contribution in [0.5, 0.6) is 0 Å². The van der Waals surface area contributed by atoms with E-state index in [1.54, 1.807) is 11.3 Å². The highest BCUT2D eigenvalue weighted by Crippen LogP contribution is 2.32. The summed E-state index contributed by atoms with van der Waals surface area (Å²) in [7, 11) is 0. The molecular weight excluding hydrogens is 377 g/mol. The molecule has 7 heteroatoms. The zero-order valence-electron chi connectivity index (χ0n) is 14.9. The summed E-state index contributed by atoms with van der Waals surface area (Å²) >= 11 is 7.52. The number of carbonyl (C=O) groups is 1. The van der Waals surface area contributed by atoms with Crippen molar-refractivity contribution < 1.29 is 4.79 Å². The third-order valence-corrected chi connectivity index (χ3v) is 5.38. The first kappa shape index (κ1) is 21.9. The van der Waals surface area contributed by atoms with Crippen molar-refractivity contribution in [2.45, 2.75) is 46.2 Å². The summed E-state index contributed by atoms with van der Waals surface area (Å²) in [5, 5.41) is 4.63. The first-order chi connectivity index (χ1) is 11.3. The molecule has 138 valence electrons. The second-order valence-electron chi connectivity index (χ2n) is 6.44. The molecule has 2 aromatic rings. The Labute approximate surface area is 164 Å². The number of thiazole rings is 1. The van der Waals surface area contributed by atoms with E-state index in [1.165, 1.54) is 0 Å². The Morgan fingerprint density at radius 3 is 2.44 bits per heavy atom. The minimum atomic E-state index is -0.476. The second-order valence-corrected chi connectivity index (χ2v) is 7.91. The Kier molecular flexibility index (Phi) is 8.35. The molecule has 0 saturated heterocycles. The van der Waals surface area contributed by atoms with Gasteiger partial charge in [0.2, 0.25) is 5.91 Å². The predicted octanol–water partition coefficient (Wildman–Crippen LogP) is 4.74. The second kappa shape index (κ2) is 9.53. The topological polar surface area (TPSA) is 68.0 Å². The van der Waals surface area contributed by atoms with Gasteiger partial charge in [-0.05, 0) is 38.3 Å². The van der Waals surface area contributed by atoms with Gasteiger partial charge in [-0.1, -0.05) is 37.6 Å². The van der Waals surface area contributed by atoms with Crippen LogP contribution >= 0.6 is 35.3 Å². The summed E-state index contributed by atoms with van der Waals surface area (Å²) in [6.45, 7) is 8.04. The number of halogens is 2. The zero-order valence-corrected chi connectivity index (χ0v) is 17.3. The maximum atomic E-state index is 12.2.